The van der Waals surface area contributed by atoms with Crippen molar-refractivity contribution in [2.75, 3.05) is 25.5 Å². The van der Waals surface area contributed by atoms with Gasteiger partial charge >= 0.3 is 0 Å². The van der Waals surface area contributed by atoms with Gasteiger partial charge in [-0.1, -0.05) is 12.1 Å². The SMILES string of the molecule is COc1ccc(/C=N/NC(=O)c2c(NC(=O)c3cccc(CN4CCC(O)CC4)c3)sc3c2CCCC3)cc1. The van der Waals surface area contributed by atoms with Gasteiger partial charge in [0, 0.05) is 30.1 Å². The number of ether oxygens (including phenoxy) is 1. The van der Waals surface area contributed by atoms with E-state index in [9.17, 15) is 14.7 Å². The first-order chi connectivity index (χ1) is 19.0. The Bertz CT molecular complexity index is 1340. The monoisotopic (exact) mass is 546 g/mol. The van der Waals surface area contributed by atoms with Gasteiger partial charge in [-0.3, -0.25) is 14.5 Å². The molecule has 3 N–H and O–H groups in total. The molecule has 0 atom stereocenters. The van der Waals surface area contributed by atoms with Crippen LogP contribution >= 0.6 is 11.3 Å². The molecular formula is C30H34N4O4S. The standard InChI is InChI=1S/C30H34N4O4S/c1-38-24-11-9-20(10-12-24)18-31-33-29(37)27-25-7-2-3-8-26(25)39-30(27)32-28(36)22-6-4-5-21(17-22)19-34-15-13-23(35)14-16-34/h4-6,9-12,17-18,23,35H,2-3,7-8,13-16,19H2,1H3,(H,32,36)(H,33,37)/b31-18+. The number of aliphatic hydroxyl groups excluding tert-OH is 1. The number of fused-ring (bicyclic) bond motifs is 1. The van der Waals surface area contributed by atoms with Crippen molar-refractivity contribution in [1.29, 1.82) is 0 Å². The minimum Gasteiger partial charge on any atom is -0.497 e. The second-order valence-corrected chi connectivity index (χ2v) is 11.2. The molecule has 204 valence electrons. The van der Waals surface area contributed by atoms with Gasteiger partial charge < -0.3 is 15.2 Å². The zero-order valence-corrected chi connectivity index (χ0v) is 22.9. The number of aliphatic hydroxyl groups is 1. The molecule has 1 aliphatic heterocycles. The number of rotatable bonds is 8. The Hall–Kier alpha value is -3.53. The van der Waals surface area contributed by atoms with Gasteiger partial charge in [0.25, 0.3) is 11.8 Å². The maximum absolute atomic E-state index is 13.3. The van der Waals surface area contributed by atoms with Gasteiger partial charge in [0.2, 0.25) is 0 Å². The third-order valence-electron chi connectivity index (χ3n) is 7.27. The van der Waals surface area contributed by atoms with Crippen LogP contribution in [-0.2, 0) is 19.4 Å². The molecule has 1 aromatic heterocycles. The highest BCUT2D eigenvalue weighted by atomic mass is 32.1. The highest BCUT2D eigenvalue weighted by molar-refractivity contribution is 7.17. The van der Waals surface area contributed by atoms with Crippen LogP contribution < -0.4 is 15.5 Å². The van der Waals surface area contributed by atoms with Gasteiger partial charge in [0.05, 0.1) is 25.0 Å². The molecule has 9 heteroatoms. The zero-order chi connectivity index (χ0) is 27.2. The number of carbonyl (C=O) groups is 2. The van der Waals surface area contributed by atoms with Crippen LogP contribution in [0.15, 0.2) is 53.6 Å². The molecule has 2 heterocycles. The summed E-state index contributed by atoms with van der Waals surface area (Å²) < 4.78 is 5.18. The first-order valence-electron chi connectivity index (χ1n) is 13.4. The number of nitrogens with one attached hydrogen (secondary N) is 2. The molecule has 2 aliphatic rings. The highest BCUT2D eigenvalue weighted by Gasteiger charge is 2.27. The number of hydrogen-bond donors (Lipinski definition) is 3. The van der Waals surface area contributed by atoms with Gasteiger partial charge in [-0.25, -0.2) is 5.43 Å². The molecule has 8 nitrogen and oxygen atoms in total. The van der Waals surface area contributed by atoms with Gasteiger partial charge in [0.15, 0.2) is 0 Å². The van der Waals surface area contributed by atoms with Crippen LogP contribution in [0.2, 0.25) is 0 Å². The van der Waals surface area contributed by atoms with Crippen LogP contribution in [0, 0.1) is 0 Å². The maximum atomic E-state index is 13.3. The summed E-state index contributed by atoms with van der Waals surface area (Å²) in [5.41, 5.74) is 6.62. The van der Waals surface area contributed by atoms with E-state index in [0.29, 0.717) is 16.1 Å². The van der Waals surface area contributed by atoms with Crippen molar-refractivity contribution in [2.24, 2.45) is 5.10 Å². The van der Waals surface area contributed by atoms with Gasteiger partial charge in [-0.05, 0) is 91.6 Å². The summed E-state index contributed by atoms with van der Waals surface area (Å²) in [4.78, 5) is 30.1. The molecule has 1 aliphatic carbocycles. The van der Waals surface area contributed by atoms with Crippen LogP contribution in [0.4, 0.5) is 5.00 Å². The number of methoxy groups -OCH3 is 1. The molecule has 0 bridgehead atoms. The van der Waals surface area contributed by atoms with Crippen molar-refractivity contribution in [2.45, 2.75) is 51.2 Å². The summed E-state index contributed by atoms with van der Waals surface area (Å²) in [5, 5.41) is 17.5. The van der Waals surface area contributed by atoms with Crippen LogP contribution in [0.25, 0.3) is 0 Å². The zero-order valence-electron chi connectivity index (χ0n) is 22.1. The molecular weight excluding hydrogens is 512 g/mol. The molecule has 0 unspecified atom stereocenters. The quantitative estimate of drug-likeness (QED) is 0.283. The molecule has 1 saturated heterocycles. The number of piperidine rings is 1. The topological polar surface area (TPSA) is 103 Å². The van der Waals surface area contributed by atoms with E-state index >= 15 is 0 Å². The lowest BCUT2D eigenvalue weighted by molar-refractivity contribution is 0.0792. The lowest BCUT2D eigenvalue weighted by Crippen LogP contribution is -2.35. The number of likely N-dealkylation sites (tertiary alicyclic amines) is 1. The molecule has 39 heavy (non-hydrogen) atoms. The Labute approximate surface area is 232 Å². The van der Waals surface area contributed by atoms with Gasteiger partial charge in [-0.2, -0.15) is 5.10 Å². The summed E-state index contributed by atoms with van der Waals surface area (Å²) in [6, 6.07) is 15.0. The van der Waals surface area contributed by atoms with E-state index in [-0.39, 0.29) is 17.9 Å². The molecule has 2 amide bonds. The highest BCUT2D eigenvalue weighted by Crippen LogP contribution is 2.38. The van der Waals surface area contributed by atoms with E-state index in [0.717, 1.165) is 85.5 Å². The molecule has 2 aromatic carbocycles. The van der Waals surface area contributed by atoms with Crippen molar-refractivity contribution in [3.05, 3.63) is 81.2 Å². The fourth-order valence-corrected chi connectivity index (χ4v) is 6.41. The lowest BCUT2D eigenvalue weighted by Gasteiger charge is -2.29. The first-order valence-corrected chi connectivity index (χ1v) is 14.2. The Kier molecular flexibility index (Phi) is 8.71. The largest absolute Gasteiger partial charge is 0.497 e. The predicted molar refractivity (Wildman–Crippen MR) is 154 cm³/mol. The van der Waals surface area contributed by atoms with E-state index in [1.807, 2.05) is 42.5 Å². The number of hydrogen-bond acceptors (Lipinski definition) is 7. The number of amides is 2. The predicted octanol–water partition coefficient (Wildman–Crippen LogP) is 4.61. The van der Waals surface area contributed by atoms with Crippen molar-refractivity contribution in [3.63, 3.8) is 0 Å². The smallest absolute Gasteiger partial charge is 0.274 e. The molecule has 0 spiro atoms. The lowest BCUT2D eigenvalue weighted by atomic mass is 9.95. The van der Waals surface area contributed by atoms with Crippen molar-refractivity contribution in [1.82, 2.24) is 10.3 Å². The maximum Gasteiger partial charge on any atom is 0.274 e. The Morgan fingerprint density at radius 2 is 1.87 bits per heavy atom. The number of benzene rings is 2. The second kappa shape index (κ2) is 12.5. The fraction of sp³-hybridized carbons (Fsp3) is 0.367. The van der Waals surface area contributed by atoms with E-state index in [1.54, 1.807) is 19.4 Å². The molecule has 1 fully saturated rings. The minimum atomic E-state index is -0.324. The van der Waals surface area contributed by atoms with E-state index < -0.39 is 0 Å². The van der Waals surface area contributed by atoms with Gasteiger partial charge in [0.1, 0.15) is 10.8 Å². The summed E-state index contributed by atoms with van der Waals surface area (Å²) in [6.07, 6.45) is 6.74. The van der Waals surface area contributed by atoms with E-state index in [1.165, 1.54) is 11.3 Å². The fourth-order valence-electron chi connectivity index (χ4n) is 5.13. The Morgan fingerprint density at radius 3 is 2.64 bits per heavy atom. The first kappa shape index (κ1) is 27.1. The average molecular weight is 547 g/mol. The number of thiophene rings is 1. The van der Waals surface area contributed by atoms with Crippen molar-refractivity contribution in [3.8, 4) is 5.75 Å². The minimum absolute atomic E-state index is 0.213. The third-order valence-corrected chi connectivity index (χ3v) is 8.48. The number of carbonyl (C=O) groups excluding carboxylic acids is 2. The molecule has 5 rings (SSSR count). The summed E-state index contributed by atoms with van der Waals surface area (Å²) in [5.74, 6) is 0.189. The van der Waals surface area contributed by atoms with Crippen LogP contribution in [0.1, 0.15) is 68.0 Å². The summed E-state index contributed by atoms with van der Waals surface area (Å²) >= 11 is 1.49. The number of aryl methyl sites for hydroxylation is 1. The van der Waals surface area contributed by atoms with Crippen LogP contribution in [0.5, 0.6) is 5.75 Å². The molecule has 0 radical (unpaired) electrons. The van der Waals surface area contributed by atoms with Gasteiger partial charge in [-0.15, -0.1) is 11.3 Å². The normalized spacial score (nSPS) is 16.2. The average Bonchev–Trinajstić information content (AvgIpc) is 3.32. The van der Waals surface area contributed by atoms with Crippen molar-refractivity contribution >= 4 is 34.4 Å². The molecule has 3 aromatic rings. The van der Waals surface area contributed by atoms with Crippen LogP contribution in [0.3, 0.4) is 0 Å². The summed E-state index contributed by atoms with van der Waals surface area (Å²) in [6.45, 7) is 2.43. The van der Waals surface area contributed by atoms with E-state index in [2.05, 4.69) is 20.7 Å². The summed E-state index contributed by atoms with van der Waals surface area (Å²) in [7, 11) is 1.61. The van der Waals surface area contributed by atoms with E-state index in [4.69, 9.17) is 4.74 Å². The Morgan fingerprint density at radius 1 is 1.10 bits per heavy atom. The Balaban J connectivity index is 1.30. The number of anilines is 1. The van der Waals surface area contributed by atoms with Crippen LogP contribution in [-0.4, -0.2) is 54.3 Å². The van der Waals surface area contributed by atoms with Crippen molar-refractivity contribution < 1.29 is 19.4 Å². The molecule has 0 saturated carbocycles. The second-order valence-electron chi connectivity index (χ2n) is 10.0. The number of nitrogens with zero attached hydrogens (tertiary/aromatic N) is 2. The third kappa shape index (κ3) is 6.73. The number of hydrazone groups is 1.